The van der Waals surface area contributed by atoms with Gasteiger partial charge in [0.15, 0.2) is 6.29 Å². The second-order valence-corrected chi connectivity index (χ2v) is 3.42. The fraction of sp³-hybridized carbons (Fsp3) is 0.300. The standard InChI is InChI=1S/C10H12BrNO2/c1-13-10(14-2)7-12-9-6-4-3-5-8(9)11/h3-7,10H,1-2H3. The van der Waals surface area contributed by atoms with E-state index in [1.807, 2.05) is 24.3 Å². The fourth-order valence-electron chi connectivity index (χ4n) is 0.916. The Labute approximate surface area is 91.9 Å². The average Bonchev–Trinajstić information content (AvgIpc) is 2.22. The third-order valence-electron chi connectivity index (χ3n) is 1.65. The number of hydrogen-bond donors (Lipinski definition) is 0. The van der Waals surface area contributed by atoms with Gasteiger partial charge in [0, 0.05) is 18.7 Å². The summed E-state index contributed by atoms with van der Waals surface area (Å²) in [7, 11) is 3.14. The number of hydrogen-bond acceptors (Lipinski definition) is 3. The van der Waals surface area contributed by atoms with Crippen molar-refractivity contribution in [3.63, 3.8) is 0 Å². The third-order valence-corrected chi connectivity index (χ3v) is 2.32. The summed E-state index contributed by atoms with van der Waals surface area (Å²) in [5, 5.41) is 0. The van der Waals surface area contributed by atoms with Gasteiger partial charge in [-0.05, 0) is 28.1 Å². The van der Waals surface area contributed by atoms with E-state index in [2.05, 4.69) is 20.9 Å². The van der Waals surface area contributed by atoms with Crippen LogP contribution in [-0.4, -0.2) is 26.7 Å². The molecule has 14 heavy (non-hydrogen) atoms. The van der Waals surface area contributed by atoms with Gasteiger partial charge < -0.3 is 9.47 Å². The molecule has 0 fully saturated rings. The molecule has 76 valence electrons. The van der Waals surface area contributed by atoms with Crippen LogP contribution in [0.4, 0.5) is 5.69 Å². The Kier molecular flexibility index (Phi) is 4.79. The van der Waals surface area contributed by atoms with Crippen molar-refractivity contribution in [1.29, 1.82) is 0 Å². The Morgan fingerprint density at radius 3 is 2.50 bits per heavy atom. The topological polar surface area (TPSA) is 30.8 Å². The minimum atomic E-state index is -0.401. The number of rotatable bonds is 4. The average molecular weight is 258 g/mol. The second kappa shape index (κ2) is 5.90. The summed E-state index contributed by atoms with van der Waals surface area (Å²) in [5.74, 6) is 0. The molecule has 0 saturated heterocycles. The lowest BCUT2D eigenvalue weighted by molar-refractivity contribution is -0.0483. The van der Waals surface area contributed by atoms with Crippen LogP contribution in [0.25, 0.3) is 0 Å². The van der Waals surface area contributed by atoms with Gasteiger partial charge in [0.05, 0.1) is 11.9 Å². The number of benzene rings is 1. The van der Waals surface area contributed by atoms with E-state index in [4.69, 9.17) is 9.47 Å². The van der Waals surface area contributed by atoms with Crippen molar-refractivity contribution >= 4 is 27.8 Å². The van der Waals surface area contributed by atoms with E-state index in [-0.39, 0.29) is 0 Å². The summed E-state index contributed by atoms with van der Waals surface area (Å²) in [5.41, 5.74) is 0.853. The summed E-state index contributed by atoms with van der Waals surface area (Å²) in [6.45, 7) is 0. The van der Waals surface area contributed by atoms with Crippen LogP contribution in [0.1, 0.15) is 0 Å². The van der Waals surface area contributed by atoms with Crippen LogP contribution in [0.3, 0.4) is 0 Å². The van der Waals surface area contributed by atoms with Crippen molar-refractivity contribution in [3.05, 3.63) is 28.7 Å². The van der Waals surface area contributed by atoms with Crippen LogP contribution in [0.5, 0.6) is 0 Å². The summed E-state index contributed by atoms with van der Waals surface area (Å²) in [6, 6.07) is 7.70. The predicted molar refractivity (Wildman–Crippen MR) is 60.1 cm³/mol. The van der Waals surface area contributed by atoms with Crippen molar-refractivity contribution < 1.29 is 9.47 Å². The first-order valence-electron chi connectivity index (χ1n) is 4.12. The molecule has 1 rings (SSSR count). The van der Waals surface area contributed by atoms with Crippen molar-refractivity contribution in [2.75, 3.05) is 14.2 Å². The Morgan fingerprint density at radius 2 is 1.93 bits per heavy atom. The number of nitrogens with zero attached hydrogens (tertiary/aromatic N) is 1. The summed E-state index contributed by atoms with van der Waals surface area (Å²) < 4.78 is 10.9. The van der Waals surface area contributed by atoms with Crippen molar-refractivity contribution in [1.82, 2.24) is 0 Å². The minimum absolute atomic E-state index is 0.401. The molecule has 4 heteroatoms. The predicted octanol–water partition coefficient (Wildman–Crippen LogP) is 2.77. The Balaban J connectivity index is 2.72. The van der Waals surface area contributed by atoms with E-state index < -0.39 is 6.29 Å². The molecule has 0 amide bonds. The zero-order valence-corrected chi connectivity index (χ0v) is 9.69. The first-order chi connectivity index (χ1) is 6.77. The van der Waals surface area contributed by atoms with Gasteiger partial charge in [-0.1, -0.05) is 12.1 Å². The first kappa shape index (κ1) is 11.4. The molecule has 0 aliphatic carbocycles. The highest BCUT2D eigenvalue weighted by molar-refractivity contribution is 9.10. The number of methoxy groups -OCH3 is 2. The molecular formula is C10H12BrNO2. The van der Waals surface area contributed by atoms with Gasteiger partial charge in [0.2, 0.25) is 0 Å². The summed E-state index contributed by atoms with van der Waals surface area (Å²) in [4.78, 5) is 4.23. The highest BCUT2D eigenvalue weighted by Crippen LogP contribution is 2.23. The quantitative estimate of drug-likeness (QED) is 0.614. The van der Waals surface area contributed by atoms with Gasteiger partial charge in [-0.2, -0.15) is 0 Å². The highest BCUT2D eigenvalue weighted by atomic mass is 79.9. The fourth-order valence-corrected chi connectivity index (χ4v) is 1.30. The molecule has 0 radical (unpaired) electrons. The van der Waals surface area contributed by atoms with Gasteiger partial charge in [-0.3, -0.25) is 4.99 Å². The molecule has 0 spiro atoms. The van der Waals surface area contributed by atoms with Crippen LogP contribution < -0.4 is 0 Å². The maximum atomic E-state index is 4.97. The molecule has 0 saturated carbocycles. The number of aliphatic imine (C=N–C) groups is 1. The molecule has 0 bridgehead atoms. The molecule has 0 heterocycles. The Bertz CT molecular complexity index is 311. The van der Waals surface area contributed by atoms with Gasteiger partial charge in [-0.25, -0.2) is 0 Å². The molecule has 3 nitrogen and oxygen atoms in total. The van der Waals surface area contributed by atoms with Gasteiger partial charge in [-0.15, -0.1) is 0 Å². The summed E-state index contributed by atoms with van der Waals surface area (Å²) >= 11 is 3.39. The lowest BCUT2D eigenvalue weighted by atomic mass is 10.3. The Morgan fingerprint density at radius 1 is 1.29 bits per heavy atom. The highest BCUT2D eigenvalue weighted by Gasteiger charge is 2.00. The molecular weight excluding hydrogens is 246 g/mol. The van der Waals surface area contributed by atoms with E-state index in [1.54, 1.807) is 20.4 Å². The van der Waals surface area contributed by atoms with Crippen LogP contribution in [-0.2, 0) is 9.47 Å². The second-order valence-electron chi connectivity index (χ2n) is 2.57. The van der Waals surface area contributed by atoms with Crippen molar-refractivity contribution in [3.8, 4) is 0 Å². The lowest BCUT2D eigenvalue weighted by Crippen LogP contribution is -2.13. The van der Waals surface area contributed by atoms with Gasteiger partial charge in [0.1, 0.15) is 0 Å². The number of ether oxygens (including phenoxy) is 2. The van der Waals surface area contributed by atoms with E-state index >= 15 is 0 Å². The molecule has 1 aromatic carbocycles. The van der Waals surface area contributed by atoms with E-state index in [0.717, 1.165) is 10.2 Å². The summed E-state index contributed by atoms with van der Waals surface area (Å²) in [6.07, 6.45) is 1.21. The molecule has 1 aromatic rings. The maximum absolute atomic E-state index is 4.97. The van der Waals surface area contributed by atoms with Crippen LogP contribution in [0.2, 0.25) is 0 Å². The lowest BCUT2D eigenvalue weighted by Gasteiger charge is -2.06. The molecule has 0 N–H and O–H groups in total. The van der Waals surface area contributed by atoms with Gasteiger partial charge >= 0.3 is 0 Å². The van der Waals surface area contributed by atoms with E-state index in [0.29, 0.717) is 0 Å². The van der Waals surface area contributed by atoms with Crippen molar-refractivity contribution in [2.45, 2.75) is 6.29 Å². The third kappa shape index (κ3) is 3.21. The molecule has 0 aliphatic heterocycles. The SMILES string of the molecule is COC(C=Nc1ccccc1Br)OC. The zero-order chi connectivity index (χ0) is 10.4. The van der Waals surface area contributed by atoms with E-state index in [1.165, 1.54) is 0 Å². The van der Waals surface area contributed by atoms with Crippen LogP contribution in [0, 0.1) is 0 Å². The molecule has 0 unspecified atom stereocenters. The molecule has 0 atom stereocenters. The zero-order valence-electron chi connectivity index (χ0n) is 8.11. The first-order valence-corrected chi connectivity index (χ1v) is 4.91. The Hall–Kier alpha value is -0.710. The smallest absolute Gasteiger partial charge is 0.193 e. The van der Waals surface area contributed by atoms with Crippen molar-refractivity contribution in [2.24, 2.45) is 4.99 Å². The van der Waals surface area contributed by atoms with Crippen LogP contribution >= 0.6 is 15.9 Å². The minimum Gasteiger partial charge on any atom is -0.351 e. The molecule has 0 aliphatic rings. The molecule has 0 aromatic heterocycles. The largest absolute Gasteiger partial charge is 0.351 e. The number of para-hydroxylation sites is 1. The normalized spacial score (nSPS) is 11.4. The van der Waals surface area contributed by atoms with Crippen LogP contribution in [0.15, 0.2) is 33.7 Å². The number of halogens is 1. The van der Waals surface area contributed by atoms with Gasteiger partial charge in [0.25, 0.3) is 0 Å². The monoisotopic (exact) mass is 257 g/mol. The van der Waals surface area contributed by atoms with E-state index in [9.17, 15) is 0 Å². The maximum Gasteiger partial charge on any atom is 0.193 e.